The van der Waals surface area contributed by atoms with Crippen LogP contribution in [0.2, 0.25) is 0 Å². The molecule has 0 aromatic heterocycles. The van der Waals surface area contributed by atoms with Gasteiger partial charge in [-0.3, -0.25) is 9.59 Å². The first kappa shape index (κ1) is 13.7. The molecule has 1 aromatic rings. The molecular formula is C15H20N2O2. The lowest BCUT2D eigenvalue weighted by Crippen LogP contribution is -2.22. The summed E-state index contributed by atoms with van der Waals surface area (Å²) in [5, 5.41) is 3.29. The Kier molecular flexibility index (Phi) is 4.00. The van der Waals surface area contributed by atoms with E-state index in [1.54, 1.807) is 6.07 Å². The van der Waals surface area contributed by atoms with Crippen molar-refractivity contribution in [3.8, 4) is 0 Å². The van der Waals surface area contributed by atoms with Crippen LogP contribution in [0.1, 0.15) is 52.5 Å². The van der Waals surface area contributed by atoms with Crippen molar-refractivity contribution in [2.24, 2.45) is 11.7 Å². The number of carbonyl (C=O) groups excluding carboxylic acids is 2. The molecule has 4 nitrogen and oxygen atoms in total. The standard InChI is InChI=1S/C15H20N2O2/c1-9(2)14(18)13-11(10-6-7-17-8-10)4-3-5-12(13)15(16)19/h3-5,9-10,17H,6-8H2,1-2H3,(H2,16,19). The van der Waals surface area contributed by atoms with Crippen LogP contribution >= 0.6 is 0 Å². The minimum absolute atomic E-state index is 0.00343. The maximum Gasteiger partial charge on any atom is 0.249 e. The normalized spacial score (nSPS) is 18.8. The highest BCUT2D eigenvalue weighted by molar-refractivity contribution is 6.09. The van der Waals surface area contributed by atoms with Crippen molar-refractivity contribution in [1.82, 2.24) is 5.32 Å². The number of rotatable bonds is 4. The number of hydrogen-bond donors (Lipinski definition) is 2. The number of amides is 1. The molecule has 1 heterocycles. The van der Waals surface area contributed by atoms with Crippen molar-refractivity contribution in [3.05, 3.63) is 34.9 Å². The predicted molar refractivity (Wildman–Crippen MR) is 74.4 cm³/mol. The number of carbonyl (C=O) groups is 2. The summed E-state index contributed by atoms with van der Waals surface area (Å²) in [6.45, 7) is 5.48. The first-order chi connectivity index (χ1) is 9.02. The molecule has 0 radical (unpaired) electrons. The molecule has 102 valence electrons. The molecular weight excluding hydrogens is 240 g/mol. The number of ketones is 1. The lowest BCUT2D eigenvalue weighted by Gasteiger charge is -2.18. The van der Waals surface area contributed by atoms with E-state index < -0.39 is 5.91 Å². The fourth-order valence-corrected chi connectivity index (χ4v) is 2.60. The summed E-state index contributed by atoms with van der Waals surface area (Å²) >= 11 is 0. The van der Waals surface area contributed by atoms with E-state index in [1.165, 1.54) is 0 Å². The van der Waals surface area contributed by atoms with Gasteiger partial charge < -0.3 is 11.1 Å². The molecule has 2 rings (SSSR count). The van der Waals surface area contributed by atoms with E-state index in [2.05, 4.69) is 5.32 Å². The smallest absolute Gasteiger partial charge is 0.249 e. The van der Waals surface area contributed by atoms with Gasteiger partial charge in [-0.2, -0.15) is 0 Å². The van der Waals surface area contributed by atoms with Crippen LogP contribution < -0.4 is 11.1 Å². The van der Waals surface area contributed by atoms with Gasteiger partial charge in [-0.1, -0.05) is 26.0 Å². The number of benzene rings is 1. The Morgan fingerprint density at radius 1 is 1.37 bits per heavy atom. The summed E-state index contributed by atoms with van der Waals surface area (Å²) < 4.78 is 0. The molecule has 1 aromatic carbocycles. The molecule has 0 spiro atoms. The van der Waals surface area contributed by atoms with Gasteiger partial charge >= 0.3 is 0 Å². The van der Waals surface area contributed by atoms with E-state index in [0.29, 0.717) is 11.1 Å². The van der Waals surface area contributed by atoms with E-state index in [-0.39, 0.29) is 17.6 Å². The van der Waals surface area contributed by atoms with Gasteiger partial charge in [0.1, 0.15) is 0 Å². The molecule has 1 atom stereocenters. The molecule has 1 fully saturated rings. The molecule has 1 unspecified atom stereocenters. The van der Waals surface area contributed by atoms with Gasteiger partial charge in [0.25, 0.3) is 0 Å². The zero-order valence-corrected chi connectivity index (χ0v) is 11.4. The second-order valence-electron chi connectivity index (χ2n) is 5.34. The molecule has 1 amide bonds. The van der Waals surface area contributed by atoms with Crippen LogP contribution in [0.3, 0.4) is 0 Å². The van der Waals surface area contributed by atoms with Gasteiger partial charge in [-0.15, -0.1) is 0 Å². The molecule has 3 N–H and O–H groups in total. The Bertz CT molecular complexity index is 503. The van der Waals surface area contributed by atoms with Crippen molar-refractivity contribution in [1.29, 1.82) is 0 Å². The van der Waals surface area contributed by atoms with Crippen LogP contribution in [-0.2, 0) is 0 Å². The number of Topliss-reactive ketones (excluding diaryl/α,β-unsaturated/α-hetero) is 1. The van der Waals surface area contributed by atoms with E-state index in [1.807, 2.05) is 26.0 Å². The second kappa shape index (κ2) is 5.53. The van der Waals surface area contributed by atoms with Crippen LogP contribution in [-0.4, -0.2) is 24.8 Å². The van der Waals surface area contributed by atoms with Gasteiger partial charge in [0.15, 0.2) is 5.78 Å². The Hall–Kier alpha value is -1.68. The molecule has 0 bridgehead atoms. The highest BCUT2D eigenvalue weighted by Crippen LogP contribution is 2.29. The van der Waals surface area contributed by atoms with Crippen LogP contribution in [0.25, 0.3) is 0 Å². The minimum atomic E-state index is -0.531. The molecule has 1 aliphatic rings. The fourth-order valence-electron chi connectivity index (χ4n) is 2.60. The third-order valence-corrected chi connectivity index (χ3v) is 3.63. The maximum absolute atomic E-state index is 12.4. The largest absolute Gasteiger partial charge is 0.366 e. The van der Waals surface area contributed by atoms with E-state index in [9.17, 15) is 9.59 Å². The zero-order valence-electron chi connectivity index (χ0n) is 11.4. The topological polar surface area (TPSA) is 72.2 Å². The quantitative estimate of drug-likeness (QED) is 0.809. The Labute approximate surface area is 113 Å². The third-order valence-electron chi connectivity index (χ3n) is 3.63. The van der Waals surface area contributed by atoms with E-state index in [0.717, 1.165) is 25.1 Å². The average molecular weight is 260 g/mol. The number of nitrogens with two attached hydrogens (primary N) is 1. The number of hydrogen-bond acceptors (Lipinski definition) is 3. The SMILES string of the molecule is CC(C)C(=O)c1c(C(N)=O)cccc1C1CCNC1. The van der Waals surface area contributed by atoms with Crippen LogP contribution in [0.15, 0.2) is 18.2 Å². The first-order valence-electron chi connectivity index (χ1n) is 6.70. The summed E-state index contributed by atoms with van der Waals surface area (Å²) in [5.74, 6) is -0.390. The van der Waals surface area contributed by atoms with Crippen molar-refractivity contribution in [2.75, 3.05) is 13.1 Å². The predicted octanol–water partition coefficient (Wildman–Crippen LogP) is 1.70. The van der Waals surface area contributed by atoms with Crippen molar-refractivity contribution < 1.29 is 9.59 Å². The van der Waals surface area contributed by atoms with Crippen LogP contribution in [0.4, 0.5) is 0 Å². The van der Waals surface area contributed by atoms with Gasteiger partial charge in [0, 0.05) is 18.0 Å². The second-order valence-corrected chi connectivity index (χ2v) is 5.34. The van der Waals surface area contributed by atoms with Gasteiger partial charge in [-0.05, 0) is 30.5 Å². The number of primary amides is 1. The minimum Gasteiger partial charge on any atom is -0.366 e. The lowest BCUT2D eigenvalue weighted by atomic mass is 9.85. The number of nitrogens with one attached hydrogen (secondary N) is 1. The summed E-state index contributed by atoms with van der Waals surface area (Å²) in [5.41, 5.74) is 7.25. The molecule has 0 saturated carbocycles. The molecule has 0 aliphatic carbocycles. The monoisotopic (exact) mass is 260 g/mol. The molecule has 4 heteroatoms. The first-order valence-corrected chi connectivity index (χ1v) is 6.70. The lowest BCUT2D eigenvalue weighted by molar-refractivity contribution is 0.0923. The van der Waals surface area contributed by atoms with Gasteiger partial charge in [0.2, 0.25) is 5.91 Å². The van der Waals surface area contributed by atoms with Crippen molar-refractivity contribution in [2.45, 2.75) is 26.2 Å². The van der Waals surface area contributed by atoms with E-state index in [4.69, 9.17) is 5.73 Å². The van der Waals surface area contributed by atoms with Gasteiger partial charge in [0.05, 0.1) is 5.56 Å². The molecule has 19 heavy (non-hydrogen) atoms. The zero-order chi connectivity index (χ0) is 14.0. The van der Waals surface area contributed by atoms with Crippen LogP contribution in [0.5, 0.6) is 0 Å². The highest BCUT2D eigenvalue weighted by Gasteiger charge is 2.27. The van der Waals surface area contributed by atoms with Gasteiger partial charge in [-0.25, -0.2) is 0 Å². The summed E-state index contributed by atoms with van der Waals surface area (Å²) in [6.07, 6.45) is 0.987. The fraction of sp³-hybridized carbons (Fsp3) is 0.467. The van der Waals surface area contributed by atoms with Crippen molar-refractivity contribution >= 4 is 11.7 Å². The summed E-state index contributed by atoms with van der Waals surface area (Å²) in [7, 11) is 0. The Morgan fingerprint density at radius 2 is 2.11 bits per heavy atom. The summed E-state index contributed by atoms with van der Waals surface area (Å²) in [6, 6.07) is 5.40. The molecule has 1 saturated heterocycles. The van der Waals surface area contributed by atoms with Crippen molar-refractivity contribution in [3.63, 3.8) is 0 Å². The third kappa shape index (κ3) is 2.68. The van der Waals surface area contributed by atoms with E-state index >= 15 is 0 Å². The average Bonchev–Trinajstić information content (AvgIpc) is 2.90. The highest BCUT2D eigenvalue weighted by atomic mass is 16.1. The maximum atomic E-state index is 12.4. The van der Waals surface area contributed by atoms with Crippen LogP contribution in [0, 0.1) is 5.92 Å². The molecule has 1 aliphatic heterocycles. The summed E-state index contributed by atoms with van der Waals surface area (Å²) in [4.78, 5) is 24.0. The Balaban J connectivity index is 2.55. The Morgan fingerprint density at radius 3 is 2.63 bits per heavy atom.